The van der Waals surface area contributed by atoms with Crippen LogP contribution in [0.4, 0.5) is 11.4 Å². The van der Waals surface area contributed by atoms with Gasteiger partial charge in [0.2, 0.25) is 11.8 Å². The summed E-state index contributed by atoms with van der Waals surface area (Å²) in [4.78, 5) is 56.6. The molecule has 3 fully saturated rings. The lowest BCUT2D eigenvalue weighted by molar-refractivity contribution is -1.02. The van der Waals surface area contributed by atoms with Gasteiger partial charge in [0.25, 0.3) is 11.8 Å². The van der Waals surface area contributed by atoms with E-state index < -0.39 is 12.1 Å². The van der Waals surface area contributed by atoms with Gasteiger partial charge in [0.1, 0.15) is 37.7 Å². The van der Waals surface area contributed by atoms with Gasteiger partial charge in [-0.25, -0.2) is 9.80 Å². The molecule has 2 atom stereocenters. The van der Waals surface area contributed by atoms with E-state index in [1.54, 1.807) is 62.8 Å². The highest BCUT2D eigenvalue weighted by molar-refractivity contribution is 6.22. The van der Waals surface area contributed by atoms with Crippen LogP contribution in [0.25, 0.3) is 0 Å². The molecule has 2 aromatic carbocycles. The molecular weight excluding hydrogens is 464 g/mol. The molecule has 188 valence electrons. The summed E-state index contributed by atoms with van der Waals surface area (Å²) in [7, 11) is 3.08. The molecule has 4 amide bonds. The minimum absolute atomic E-state index is 0.158. The Kier molecular flexibility index (Phi) is 6.46. The number of piperazine rings is 1. The van der Waals surface area contributed by atoms with Crippen molar-refractivity contribution in [1.82, 2.24) is 0 Å². The third kappa shape index (κ3) is 4.22. The van der Waals surface area contributed by atoms with Crippen LogP contribution in [0, 0.1) is 0 Å². The molecule has 10 nitrogen and oxygen atoms in total. The summed E-state index contributed by atoms with van der Waals surface area (Å²) in [6, 6.07) is 13.0. The first-order valence-corrected chi connectivity index (χ1v) is 12.1. The van der Waals surface area contributed by atoms with Crippen LogP contribution >= 0.6 is 0 Å². The third-order valence-corrected chi connectivity index (χ3v) is 7.44. The molecule has 2 N–H and O–H groups in total. The Morgan fingerprint density at radius 1 is 0.667 bits per heavy atom. The van der Waals surface area contributed by atoms with Crippen LogP contribution in [-0.4, -0.2) is 76.1 Å². The van der Waals surface area contributed by atoms with Gasteiger partial charge in [-0.3, -0.25) is 19.2 Å². The van der Waals surface area contributed by atoms with Gasteiger partial charge in [0.05, 0.1) is 38.4 Å². The SMILES string of the molecule is COc1cccc(N2C(=O)C[C@@H]([NH+]3CC[NH+]([C@@H]4CC(=O)N(c5cccc(OC)c5)C4=O)CC3)C2=O)c1. The van der Waals surface area contributed by atoms with Gasteiger partial charge < -0.3 is 19.3 Å². The van der Waals surface area contributed by atoms with Crippen molar-refractivity contribution >= 4 is 35.0 Å². The standard InChI is InChI=1S/C26H28N4O6/c1-35-19-7-3-5-17(13-19)29-23(31)15-21(25(29)33)27-9-11-28(12-10-27)22-16-24(32)30(26(22)34)18-6-4-8-20(14-18)36-2/h3-8,13-14,21-22H,9-12,15-16H2,1-2H3/p+2/t21-,22-/m1/s1. The van der Waals surface area contributed by atoms with Gasteiger partial charge in [-0.15, -0.1) is 0 Å². The summed E-state index contributed by atoms with van der Waals surface area (Å²) in [5.74, 6) is 0.322. The number of nitrogens with zero attached hydrogens (tertiary/aromatic N) is 2. The maximum atomic E-state index is 13.2. The van der Waals surface area contributed by atoms with Gasteiger partial charge in [0.15, 0.2) is 12.1 Å². The molecule has 5 rings (SSSR count). The van der Waals surface area contributed by atoms with E-state index in [0.717, 1.165) is 9.80 Å². The Balaban J connectivity index is 1.23. The highest BCUT2D eigenvalue weighted by Gasteiger charge is 2.50. The molecule has 3 aliphatic rings. The maximum Gasteiger partial charge on any atom is 0.292 e. The lowest BCUT2D eigenvalue weighted by Crippen LogP contribution is -3.31. The molecule has 36 heavy (non-hydrogen) atoms. The number of carbonyl (C=O) groups is 4. The second-order valence-electron chi connectivity index (χ2n) is 9.37. The predicted molar refractivity (Wildman–Crippen MR) is 129 cm³/mol. The van der Waals surface area contributed by atoms with Crippen LogP contribution in [0.5, 0.6) is 11.5 Å². The first-order chi connectivity index (χ1) is 17.4. The number of hydrogen-bond acceptors (Lipinski definition) is 6. The zero-order valence-corrected chi connectivity index (χ0v) is 20.4. The molecule has 3 aliphatic heterocycles. The quantitative estimate of drug-likeness (QED) is 0.472. The van der Waals surface area contributed by atoms with E-state index in [-0.39, 0.29) is 36.5 Å². The lowest BCUT2D eigenvalue weighted by atomic mass is 10.1. The fraction of sp³-hybridized carbons (Fsp3) is 0.385. The van der Waals surface area contributed by atoms with Gasteiger partial charge >= 0.3 is 0 Å². The topological polar surface area (TPSA) is 102 Å². The lowest BCUT2D eigenvalue weighted by Gasteiger charge is -2.34. The van der Waals surface area contributed by atoms with E-state index >= 15 is 0 Å². The molecule has 3 heterocycles. The molecule has 0 aliphatic carbocycles. The smallest absolute Gasteiger partial charge is 0.292 e. The number of anilines is 2. The largest absolute Gasteiger partial charge is 0.497 e. The monoisotopic (exact) mass is 494 g/mol. The Bertz CT molecular complexity index is 1110. The summed E-state index contributed by atoms with van der Waals surface area (Å²) >= 11 is 0. The van der Waals surface area contributed by atoms with Crippen molar-refractivity contribution in [3.8, 4) is 11.5 Å². The normalized spacial score (nSPS) is 26.6. The molecule has 0 spiro atoms. The van der Waals surface area contributed by atoms with Crippen LogP contribution in [0.2, 0.25) is 0 Å². The van der Waals surface area contributed by atoms with Crippen molar-refractivity contribution in [3.63, 3.8) is 0 Å². The Morgan fingerprint density at radius 3 is 1.42 bits per heavy atom. The molecule has 0 bridgehead atoms. The fourth-order valence-corrected chi connectivity index (χ4v) is 5.53. The van der Waals surface area contributed by atoms with Crippen molar-refractivity contribution in [2.24, 2.45) is 0 Å². The van der Waals surface area contributed by atoms with E-state index in [9.17, 15) is 19.2 Å². The maximum absolute atomic E-state index is 13.2. The van der Waals surface area contributed by atoms with Crippen molar-refractivity contribution < 1.29 is 38.5 Å². The average Bonchev–Trinajstić information content (AvgIpc) is 3.37. The number of quaternary nitrogens is 2. The molecule has 0 unspecified atom stereocenters. The minimum atomic E-state index is -0.445. The predicted octanol–water partition coefficient (Wildman–Crippen LogP) is -1.55. The summed E-state index contributed by atoms with van der Waals surface area (Å²) < 4.78 is 10.5. The third-order valence-electron chi connectivity index (χ3n) is 7.44. The number of ether oxygens (including phenoxy) is 2. The van der Waals surface area contributed by atoms with Crippen LogP contribution in [0.3, 0.4) is 0 Å². The molecule has 0 radical (unpaired) electrons. The van der Waals surface area contributed by atoms with Crippen molar-refractivity contribution in [3.05, 3.63) is 48.5 Å². The molecule has 3 saturated heterocycles. The van der Waals surface area contributed by atoms with E-state index in [0.29, 0.717) is 49.1 Å². The average molecular weight is 495 g/mol. The van der Waals surface area contributed by atoms with Crippen LogP contribution in [0.1, 0.15) is 12.8 Å². The summed E-state index contributed by atoms with van der Waals surface area (Å²) in [5.41, 5.74) is 1.03. The van der Waals surface area contributed by atoms with Gasteiger partial charge in [-0.05, 0) is 24.3 Å². The number of methoxy groups -OCH3 is 2. The van der Waals surface area contributed by atoms with Crippen LogP contribution < -0.4 is 29.1 Å². The number of carbonyl (C=O) groups excluding carboxylic acids is 4. The van der Waals surface area contributed by atoms with Gasteiger partial charge in [-0.1, -0.05) is 12.1 Å². The van der Waals surface area contributed by atoms with E-state index in [1.807, 2.05) is 0 Å². The molecule has 2 aromatic rings. The van der Waals surface area contributed by atoms with Gasteiger partial charge in [-0.2, -0.15) is 0 Å². The zero-order chi connectivity index (χ0) is 25.4. The summed E-state index contributed by atoms with van der Waals surface area (Å²) in [5, 5.41) is 0. The van der Waals surface area contributed by atoms with Crippen molar-refractivity contribution in [2.45, 2.75) is 24.9 Å². The number of benzene rings is 2. The van der Waals surface area contributed by atoms with E-state index in [1.165, 1.54) is 9.80 Å². The first kappa shape index (κ1) is 24.0. The molecular formula is C26H30N4O6+2. The number of amides is 4. The Hall–Kier alpha value is -3.76. The number of hydrogen-bond donors (Lipinski definition) is 2. The molecule has 0 aromatic heterocycles. The highest BCUT2D eigenvalue weighted by atomic mass is 16.5. The minimum Gasteiger partial charge on any atom is -0.497 e. The second kappa shape index (κ2) is 9.71. The van der Waals surface area contributed by atoms with Crippen LogP contribution in [0.15, 0.2) is 48.5 Å². The Morgan fingerprint density at radius 2 is 1.06 bits per heavy atom. The Labute approximate surface area is 208 Å². The van der Waals surface area contributed by atoms with Crippen LogP contribution in [-0.2, 0) is 19.2 Å². The molecule has 10 heteroatoms. The van der Waals surface area contributed by atoms with E-state index in [2.05, 4.69) is 0 Å². The molecule has 0 saturated carbocycles. The number of nitrogens with one attached hydrogen (secondary N) is 2. The number of imide groups is 2. The van der Waals surface area contributed by atoms with Crippen molar-refractivity contribution in [2.75, 3.05) is 50.2 Å². The van der Waals surface area contributed by atoms with E-state index in [4.69, 9.17) is 9.47 Å². The highest BCUT2D eigenvalue weighted by Crippen LogP contribution is 2.27. The zero-order valence-electron chi connectivity index (χ0n) is 20.4. The second-order valence-corrected chi connectivity index (χ2v) is 9.37. The summed E-state index contributed by atoms with van der Waals surface area (Å²) in [6.07, 6.45) is 0.316. The van der Waals surface area contributed by atoms with Gasteiger partial charge in [0, 0.05) is 12.1 Å². The fourth-order valence-electron chi connectivity index (χ4n) is 5.53. The first-order valence-electron chi connectivity index (χ1n) is 12.1. The summed E-state index contributed by atoms with van der Waals surface area (Å²) in [6.45, 7) is 2.56. The number of rotatable bonds is 6. The van der Waals surface area contributed by atoms with Crippen molar-refractivity contribution in [1.29, 1.82) is 0 Å².